The number of hydrogen-bond acceptors (Lipinski definition) is 4. The second-order valence-corrected chi connectivity index (χ2v) is 4.12. The molecule has 0 radical (unpaired) electrons. The van der Waals surface area contributed by atoms with Crippen LogP contribution in [0.5, 0.6) is 0 Å². The number of carbonyl (C=O) groups is 1. The van der Waals surface area contributed by atoms with Crippen molar-refractivity contribution in [2.24, 2.45) is 0 Å². The highest BCUT2D eigenvalue weighted by molar-refractivity contribution is 5.90. The van der Waals surface area contributed by atoms with Crippen LogP contribution in [-0.2, 0) is 4.79 Å². The number of aromatic nitrogens is 3. The number of anilines is 1. The molecule has 0 saturated carbocycles. The molecule has 0 bridgehead atoms. The molecule has 2 N–H and O–H groups in total. The molecule has 2 aromatic rings. The predicted octanol–water partition coefficient (Wildman–Crippen LogP) is 1.29. The Hall–Kier alpha value is -2.21. The number of aliphatic hydroxyl groups excluding tert-OH is 1. The van der Waals surface area contributed by atoms with Crippen molar-refractivity contribution in [2.75, 3.05) is 11.9 Å². The Morgan fingerprint density at radius 3 is 2.84 bits per heavy atom. The highest BCUT2D eigenvalue weighted by Crippen LogP contribution is 2.11. The van der Waals surface area contributed by atoms with Crippen molar-refractivity contribution in [1.82, 2.24) is 14.5 Å². The van der Waals surface area contributed by atoms with Crippen molar-refractivity contribution in [3.63, 3.8) is 0 Å². The molecular weight excluding hydrogens is 244 g/mol. The van der Waals surface area contributed by atoms with Crippen LogP contribution in [0.4, 0.5) is 5.69 Å². The number of amides is 1. The third-order valence-electron chi connectivity index (χ3n) is 2.67. The SMILES string of the molecule is Cc1nccn1-c1ccc(NC(=O)CCCO)cn1. The van der Waals surface area contributed by atoms with Crippen molar-refractivity contribution < 1.29 is 9.90 Å². The molecule has 2 aromatic heterocycles. The van der Waals surface area contributed by atoms with Gasteiger partial charge in [0.1, 0.15) is 11.6 Å². The van der Waals surface area contributed by atoms with Gasteiger partial charge in [0.05, 0.1) is 11.9 Å². The van der Waals surface area contributed by atoms with E-state index in [0.717, 1.165) is 11.6 Å². The number of aliphatic hydroxyl groups is 1. The van der Waals surface area contributed by atoms with Gasteiger partial charge in [0.25, 0.3) is 0 Å². The predicted molar refractivity (Wildman–Crippen MR) is 71.0 cm³/mol. The van der Waals surface area contributed by atoms with Gasteiger partial charge in [-0.05, 0) is 25.5 Å². The van der Waals surface area contributed by atoms with Gasteiger partial charge in [-0.1, -0.05) is 0 Å². The lowest BCUT2D eigenvalue weighted by atomic mass is 10.3. The number of hydrogen-bond donors (Lipinski definition) is 2. The fourth-order valence-electron chi connectivity index (χ4n) is 1.69. The first kappa shape index (κ1) is 13.2. The van der Waals surface area contributed by atoms with Gasteiger partial charge in [-0.15, -0.1) is 0 Å². The first-order valence-corrected chi connectivity index (χ1v) is 6.08. The highest BCUT2D eigenvalue weighted by atomic mass is 16.3. The normalized spacial score (nSPS) is 10.4. The minimum absolute atomic E-state index is 0.0184. The summed E-state index contributed by atoms with van der Waals surface area (Å²) >= 11 is 0. The fraction of sp³-hybridized carbons (Fsp3) is 0.308. The van der Waals surface area contributed by atoms with Crippen LogP contribution in [0.25, 0.3) is 5.82 Å². The zero-order chi connectivity index (χ0) is 13.7. The van der Waals surface area contributed by atoms with Crippen LogP contribution < -0.4 is 5.32 Å². The maximum Gasteiger partial charge on any atom is 0.224 e. The summed E-state index contributed by atoms with van der Waals surface area (Å²) in [6, 6.07) is 3.61. The first-order valence-electron chi connectivity index (χ1n) is 6.08. The lowest BCUT2D eigenvalue weighted by Gasteiger charge is -2.07. The maximum absolute atomic E-state index is 11.5. The minimum Gasteiger partial charge on any atom is -0.396 e. The van der Waals surface area contributed by atoms with E-state index in [1.807, 2.05) is 23.8 Å². The van der Waals surface area contributed by atoms with E-state index < -0.39 is 0 Å². The number of rotatable bonds is 5. The molecule has 0 fully saturated rings. The molecule has 0 atom stereocenters. The third-order valence-corrected chi connectivity index (χ3v) is 2.67. The summed E-state index contributed by atoms with van der Waals surface area (Å²) in [5.74, 6) is 1.48. The van der Waals surface area contributed by atoms with Crippen molar-refractivity contribution >= 4 is 11.6 Å². The van der Waals surface area contributed by atoms with Crippen molar-refractivity contribution in [2.45, 2.75) is 19.8 Å². The quantitative estimate of drug-likeness (QED) is 0.848. The van der Waals surface area contributed by atoms with Crippen LogP contribution in [0, 0.1) is 6.92 Å². The molecule has 0 aromatic carbocycles. The Balaban J connectivity index is 2.03. The molecule has 1 amide bonds. The Kier molecular flexibility index (Phi) is 4.25. The molecule has 6 nitrogen and oxygen atoms in total. The van der Waals surface area contributed by atoms with Crippen LogP contribution in [0.15, 0.2) is 30.7 Å². The standard InChI is InChI=1S/C13H16N4O2/c1-10-14-6-7-17(10)12-5-4-11(9-15-12)16-13(19)3-2-8-18/h4-7,9,18H,2-3,8H2,1H3,(H,16,19). The summed E-state index contributed by atoms with van der Waals surface area (Å²) in [5, 5.41) is 11.4. The Bertz CT molecular complexity index is 548. The van der Waals surface area contributed by atoms with Crippen molar-refractivity contribution in [3.05, 3.63) is 36.5 Å². The smallest absolute Gasteiger partial charge is 0.224 e. The molecule has 0 spiro atoms. The molecular formula is C13H16N4O2. The Morgan fingerprint density at radius 1 is 1.42 bits per heavy atom. The van der Waals surface area contributed by atoms with E-state index in [2.05, 4.69) is 15.3 Å². The summed E-state index contributed by atoms with van der Waals surface area (Å²) in [5.41, 5.74) is 0.643. The molecule has 0 unspecified atom stereocenters. The number of pyridine rings is 1. The topological polar surface area (TPSA) is 80.0 Å². The van der Waals surface area contributed by atoms with E-state index in [-0.39, 0.29) is 12.5 Å². The lowest BCUT2D eigenvalue weighted by molar-refractivity contribution is -0.116. The van der Waals surface area contributed by atoms with Gasteiger partial charge in [0, 0.05) is 25.4 Å². The summed E-state index contributed by atoms with van der Waals surface area (Å²) < 4.78 is 1.86. The molecule has 0 aliphatic heterocycles. The molecule has 19 heavy (non-hydrogen) atoms. The Labute approximate surface area is 111 Å². The van der Waals surface area contributed by atoms with Gasteiger partial charge < -0.3 is 10.4 Å². The van der Waals surface area contributed by atoms with Gasteiger partial charge in [-0.25, -0.2) is 9.97 Å². The van der Waals surface area contributed by atoms with Gasteiger partial charge in [-0.3, -0.25) is 9.36 Å². The average molecular weight is 260 g/mol. The molecule has 0 aliphatic rings. The molecule has 0 saturated heterocycles. The average Bonchev–Trinajstić information content (AvgIpc) is 2.83. The zero-order valence-corrected chi connectivity index (χ0v) is 10.7. The maximum atomic E-state index is 11.5. The first-order chi connectivity index (χ1) is 9.20. The number of carbonyl (C=O) groups excluding carboxylic acids is 1. The van der Waals surface area contributed by atoms with Crippen LogP contribution in [0.2, 0.25) is 0 Å². The largest absolute Gasteiger partial charge is 0.396 e. The fourth-order valence-corrected chi connectivity index (χ4v) is 1.69. The van der Waals surface area contributed by atoms with Crippen LogP contribution in [0.3, 0.4) is 0 Å². The van der Waals surface area contributed by atoms with E-state index in [0.29, 0.717) is 18.5 Å². The van der Waals surface area contributed by atoms with Gasteiger partial charge >= 0.3 is 0 Å². The van der Waals surface area contributed by atoms with Gasteiger partial charge in [0.15, 0.2) is 0 Å². The lowest BCUT2D eigenvalue weighted by Crippen LogP contribution is -2.12. The van der Waals surface area contributed by atoms with Crippen LogP contribution in [0.1, 0.15) is 18.7 Å². The molecule has 0 aliphatic carbocycles. The number of imidazole rings is 1. The summed E-state index contributed by atoms with van der Waals surface area (Å²) in [4.78, 5) is 19.9. The van der Waals surface area contributed by atoms with Crippen molar-refractivity contribution in [3.8, 4) is 5.82 Å². The van der Waals surface area contributed by atoms with Crippen LogP contribution in [-0.4, -0.2) is 32.2 Å². The zero-order valence-electron chi connectivity index (χ0n) is 10.7. The number of aryl methyl sites for hydroxylation is 1. The van der Waals surface area contributed by atoms with E-state index >= 15 is 0 Å². The highest BCUT2D eigenvalue weighted by Gasteiger charge is 2.04. The molecule has 6 heteroatoms. The minimum atomic E-state index is -0.123. The van der Waals surface area contributed by atoms with E-state index in [1.165, 1.54) is 0 Å². The third kappa shape index (κ3) is 3.38. The van der Waals surface area contributed by atoms with E-state index in [4.69, 9.17) is 5.11 Å². The second kappa shape index (κ2) is 6.10. The Morgan fingerprint density at radius 2 is 2.26 bits per heavy atom. The van der Waals surface area contributed by atoms with Gasteiger partial charge in [-0.2, -0.15) is 0 Å². The number of nitrogens with zero attached hydrogens (tertiary/aromatic N) is 3. The second-order valence-electron chi connectivity index (χ2n) is 4.12. The van der Waals surface area contributed by atoms with Crippen LogP contribution >= 0.6 is 0 Å². The van der Waals surface area contributed by atoms with E-state index in [1.54, 1.807) is 18.5 Å². The summed E-state index contributed by atoms with van der Waals surface area (Å²) in [6.07, 6.45) is 5.91. The van der Waals surface area contributed by atoms with Gasteiger partial charge in [0.2, 0.25) is 5.91 Å². The van der Waals surface area contributed by atoms with Crippen molar-refractivity contribution in [1.29, 1.82) is 0 Å². The summed E-state index contributed by atoms with van der Waals surface area (Å²) in [7, 11) is 0. The molecule has 2 rings (SSSR count). The monoisotopic (exact) mass is 260 g/mol. The summed E-state index contributed by atoms with van der Waals surface area (Å²) in [6.45, 7) is 1.91. The number of nitrogens with one attached hydrogen (secondary N) is 1. The van der Waals surface area contributed by atoms with E-state index in [9.17, 15) is 4.79 Å². The molecule has 2 heterocycles. The molecule has 100 valence electrons.